The number of aryl methyl sites for hydroxylation is 2. The smallest absolute Gasteiger partial charge is 0.239 e. The number of nitrogens with zero attached hydrogens (tertiary/aromatic N) is 3. The van der Waals surface area contributed by atoms with E-state index in [1.54, 1.807) is 30.1 Å². The lowest BCUT2D eigenvalue weighted by Gasteiger charge is -2.19. The number of nitrogens with one attached hydrogen (secondary N) is 1. The van der Waals surface area contributed by atoms with E-state index in [0.29, 0.717) is 5.75 Å². The second kappa shape index (κ2) is 8.46. The molecule has 27 heavy (non-hydrogen) atoms. The van der Waals surface area contributed by atoms with Crippen molar-refractivity contribution in [2.24, 2.45) is 0 Å². The lowest BCUT2D eigenvalue weighted by molar-refractivity contribution is -0.119. The minimum absolute atomic E-state index is 0.0500. The number of thiophene rings is 1. The van der Waals surface area contributed by atoms with Gasteiger partial charge in [-0.25, -0.2) is 9.97 Å². The number of fused-ring (bicyclic) bond motifs is 1. The van der Waals surface area contributed by atoms with Crippen molar-refractivity contribution in [2.75, 3.05) is 25.5 Å². The molecule has 0 spiro atoms. The van der Waals surface area contributed by atoms with Gasteiger partial charge >= 0.3 is 0 Å². The zero-order chi connectivity index (χ0) is 19.6. The van der Waals surface area contributed by atoms with Gasteiger partial charge in [0.1, 0.15) is 16.5 Å². The Morgan fingerprint density at radius 1 is 1.26 bits per heavy atom. The first-order valence-corrected chi connectivity index (χ1v) is 10.6. The molecular formula is C19H21ClN4OS2. The summed E-state index contributed by atoms with van der Waals surface area (Å²) >= 11 is 9.28. The van der Waals surface area contributed by atoms with E-state index in [-0.39, 0.29) is 12.5 Å². The van der Waals surface area contributed by atoms with Crippen LogP contribution in [0.5, 0.6) is 0 Å². The topological polar surface area (TPSA) is 58.1 Å². The molecule has 3 aromatic rings. The minimum Gasteiger partial charge on any atom is -0.358 e. The monoisotopic (exact) mass is 420 g/mol. The number of likely N-dealkylation sites (N-methyl/N-ethyl adjacent to an activating group) is 2. The third-order valence-corrected chi connectivity index (χ3v) is 6.62. The molecule has 8 heteroatoms. The lowest BCUT2D eigenvalue weighted by atomic mass is 10.2. The summed E-state index contributed by atoms with van der Waals surface area (Å²) in [6.07, 6.45) is 0. The van der Waals surface area contributed by atoms with Gasteiger partial charge in [0.2, 0.25) is 5.91 Å². The van der Waals surface area contributed by atoms with Crippen molar-refractivity contribution in [1.82, 2.24) is 15.3 Å². The van der Waals surface area contributed by atoms with Crippen LogP contribution in [0.1, 0.15) is 16.3 Å². The van der Waals surface area contributed by atoms with Gasteiger partial charge in [-0.15, -0.1) is 23.1 Å². The number of halogens is 1. The summed E-state index contributed by atoms with van der Waals surface area (Å²) in [4.78, 5) is 26.6. The predicted octanol–water partition coefficient (Wildman–Crippen LogP) is 4.44. The fourth-order valence-electron chi connectivity index (χ4n) is 2.66. The van der Waals surface area contributed by atoms with E-state index in [1.165, 1.54) is 10.4 Å². The first-order chi connectivity index (χ1) is 12.9. The van der Waals surface area contributed by atoms with Gasteiger partial charge in [0.05, 0.1) is 17.7 Å². The Morgan fingerprint density at radius 2 is 1.96 bits per heavy atom. The van der Waals surface area contributed by atoms with E-state index in [2.05, 4.69) is 19.2 Å². The number of rotatable bonds is 6. The Balaban J connectivity index is 1.94. The molecule has 2 heterocycles. The normalized spacial score (nSPS) is 11.0. The predicted molar refractivity (Wildman–Crippen MR) is 115 cm³/mol. The second-order valence-electron chi connectivity index (χ2n) is 6.20. The summed E-state index contributed by atoms with van der Waals surface area (Å²) in [7, 11) is 3.53. The molecule has 0 atom stereocenters. The maximum atomic E-state index is 11.8. The standard InChI is InChI=1S/C19H21ClN4OS2/c1-11-12(2)27-19-17(11)18(24(4)9-16(25)21-3)22-15(23-19)10-26-14-7-5-13(20)6-8-14/h5-8H,9-10H2,1-4H3,(H,21,25). The van der Waals surface area contributed by atoms with Crippen LogP contribution >= 0.6 is 34.7 Å². The van der Waals surface area contributed by atoms with Crippen LogP contribution in [0.25, 0.3) is 10.2 Å². The zero-order valence-corrected chi connectivity index (χ0v) is 18.1. The van der Waals surface area contributed by atoms with E-state index in [0.717, 1.165) is 31.8 Å². The van der Waals surface area contributed by atoms with Crippen molar-refractivity contribution in [3.63, 3.8) is 0 Å². The molecule has 2 aromatic heterocycles. The number of aromatic nitrogens is 2. The second-order valence-corrected chi connectivity index (χ2v) is 8.89. The number of carbonyl (C=O) groups excluding carboxylic acids is 1. The van der Waals surface area contributed by atoms with Crippen molar-refractivity contribution >= 4 is 56.6 Å². The summed E-state index contributed by atoms with van der Waals surface area (Å²) in [6.45, 7) is 4.42. The molecule has 0 aliphatic heterocycles. The molecule has 1 amide bonds. The van der Waals surface area contributed by atoms with Crippen molar-refractivity contribution in [1.29, 1.82) is 0 Å². The molecule has 5 nitrogen and oxygen atoms in total. The Hall–Kier alpha value is -1.83. The minimum atomic E-state index is -0.0500. The molecule has 0 radical (unpaired) electrons. The summed E-state index contributed by atoms with van der Waals surface area (Å²) in [5.41, 5.74) is 1.17. The van der Waals surface area contributed by atoms with Crippen LogP contribution in [0.4, 0.5) is 5.82 Å². The van der Waals surface area contributed by atoms with Gasteiger partial charge in [0, 0.05) is 28.9 Å². The summed E-state index contributed by atoms with van der Waals surface area (Å²) in [6, 6.07) is 7.73. The number of anilines is 1. The maximum absolute atomic E-state index is 11.8. The van der Waals surface area contributed by atoms with Crippen molar-refractivity contribution in [3.05, 3.63) is 45.6 Å². The number of carbonyl (C=O) groups is 1. The number of hydrogen-bond donors (Lipinski definition) is 1. The van der Waals surface area contributed by atoms with Gasteiger partial charge in [-0.2, -0.15) is 0 Å². The quantitative estimate of drug-likeness (QED) is 0.597. The summed E-state index contributed by atoms with van der Waals surface area (Å²) in [5.74, 6) is 2.15. The average molecular weight is 421 g/mol. The molecule has 1 N–H and O–H groups in total. The molecule has 0 saturated heterocycles. The van der Waals surface area contributed by atoms with Gasteiger partial charge in [-0.1, -0.05) is 11.6 Å². The Bertz CT molecular complexity index is 972. The molecular weight excluding hydrogens is 400 g/mol. The molecule has 0 bridgehead atoms. The van der Waals surface area contributed by atoms with E-state index < -0.39 is 0 Å². The molecule has 0 fully saturated rings. The number of thioether (sulfide) groups is 1. The molecule has 0 aliphatic rings. The van der Waals surface area contributed by atoms with Crippen LogP contribution in [-0.4, -0.2) is 36.5 Å². The first kappa shape index (κ1) is 19.9. The van der Waals surface area contributed by atoms with Crippen LogP contribution in [0.3, 0.4) is 0 Å². The largest absolute Gasteiger partial charge is 0.358 e. The van der Waals surface area contributed by atoms with Gasteiger partial charge < -0.3 is 10.2 Å². The molecule has 142 valence electrons. The van der Waals surface area contributed by atoms with Crippen LogP contribution in [0.15, 0.2) is 29.2 Å². The van der Waals surface area contributed by atoms with Gasteiger partial charge in [0.25, 0.3) is 0 Å². The summed E-state index contributed by atoms with van der Waals surface area (Å²) in [5, 5.41) is 4.42. The first-order valence-electron chi connectivity index (χ1n) is 8.45. The highest BCUT2D eigenvalue weighted by Crippen LogP contribution is 2.35. The van der Waals surface area contributed by atoms with E-state index in [9.17, 15) is 4.79 Å². The highest BCUT2D eigenvalue weighted by atomic mass is 35.5. The average Bonchev–Trinajstić information content (AvgIpc) is 2.94. The lowest BCUT2D eigenvalue weighted by Crippen LogP contribution is -2.33. The van der Waals surface area contributed by atoms with Crippen LogP contribution in [-0.2, 0) is 10.5 Å². The molecule has 0 unspecified atom stereocenters. The molecule has 3 rings (SSSR count). The number of amides is 1. The van der Waals surface area contributed by atoms with Crippen molar-refractivity contribution < 1.29 is 4.79 Å². The molecule has 0 aliphatic carbocycles. The van der Waals surface area contributed by atoms with Crippen molar-refractivity contribution in [3.8, 4) is 0 Å². The highest BCUT2D eigenvalue weighted by Gasteiger charge is 2.18. The van der Waals surface area contributed by atoms with Gasteiger partial charge in [-0.3, -0.25) is 4.79 Å². The van der Waals surface area contributed by atoms with Gasteiger partial charge in [-0.05, 0) is 43.7 Å². The molecule has 1 aromatic carbocycles. The van der Waals surface area contributed by atoms with E-state index in [4.69, 9.17) is 21.6 Å². The summed E-state index contributed by atoms with van der Waals surface area (Å²) < 4.78 is 0. The number of benzene rings is 1. The van der Waals surface area contributed by atoms with Crippen LogP contribution in [0.2, 0.25) is 5.02 Å². The zero-order valence-electron chi connectivity index (χ0n) is 15.7. The maximum Gasteiger partial charge on any atom is 0.239 e. The van der Waals surface area contributed by atoms with Crippen molar-refractivity contribution in [2.45, 2.75) is 24.5 Å². The Kier molecular flexibility index (Phi) is 6.24. The Labute approximate surface area is 172 Å². The van der Waals surface area contributed by atoms with Crippen LogP contribution < -0.4 is 10.2 Å². The van der Waals surface area contributed by atoms with E-state index >= 15 is 0 Å². The SMILES string of the molecule is CNC(=O)CN(C)c1nc(CSc2ccc(Cl)cc2)nc2sc(C)c(C)c12. The fourth-order valence-corrected chi connectivity index (χ4v) is 4.58. The van der Waals surface area contributed by atoms with E-state index in [1.807, 2.05) is 36.2 Å². The third-order valence-electron chi connectivity index (χ3n) is 4.26. The fraction of sp³-hybridized carbons (Fsp3) is 0.316. The van der Waals surface area contributed by atoms with Crippen LogP contribution in [0, 0.1) is 13.8 Å². The molecule has 0 saturated carbocycles. The number of hydrogen-bond acceptors (Lipinski definition) is 6. The highest BCUT2D eigenvalue weighted by molar-refractivity contribution is 7.98. The third kappa shape index (κ3) is 4.54. The van der Waals surface area contributed by atoms with Gasteiger partial charge in [0.15, 0.2) is 0 Å². The Morgan fingerprint density at radius 3 is 2.63 bits per heavy atom.